The molecule has 1 aliphatic rings. The Kier molecular flexibility index (Phi) is 9.82. The number of carbonyl (C=O) groups excluding carboxylic acids is 3. The van der Waals surface area contributed by atoms with E-state index < -0.39 is 11.7 Å². The van der Waals surface area contributed by atoms with E-state index in [1.54, 1.807) is 20.8 Å². The van der Waals surface area contributed by atoms with Gasteiger partial charge in [0, 0.05) is 31.6 Å². The molecule has 1 fully saturated rings. The normalized spacial score (nSPS) is 14.5. The van der Waals surface area contributed by atoms with E-state index in [4.69, 9.17) is 4.74 Å². The highest BCUT2D eigenvalue weighted by Gasteiger charge is 2.16. The Hall–Kier alpha value is -2.57. The summed E-state index contributed by atoms with van der Waals surface area (Å²) >= 11 is 0. The molecule has 0 spiro atoms. The lowest BCUT2D eigenvalue weighted by Gasteiger charge is -2.21. The molecule has 1 aliphatic carbocycles. The lowest BCUT2D eigenvalue weighted by Crippen LogP contribution is -2.35. The van der Waals surface area contributed by atoms with Crippen LogP contribution < -0.4 is 16.0 Å². The molecule has 1 aromatic rings. The second-order valence-corrected chi connectivity index (χ2v) is 9.24. The zero-order valence-electron chi connectivity index (χ0n) is 19.1. The largest absolute Gasteiger partial charge is 0.444 e. The molecule has 3 N–H and O–H groups in total. The SMILES string of the molecule is CC(C)(C)OC(=O)NCCC(=O)NCc1ccc(NC(=O)CCC2CCCCC2)cc1. The van der Waals surface area contributed by atoms with E-state index in [-0.39, 0.29) is 24.8 Å². The molecule has 2 rings (SSSR count). The molecule has 1 aromatic carbocycles. The number of benzene rings is 1. The number of anilines is 1. The number of nitrogens with one attached hydrogen (secondary N) is 3. The third-order valence-electron chi connectivity index (χ3n) is 5.25. The summed E-state index contributed by atoms with van der Waals surface area (Å²) in [5, 5.41) is 8.33. The maximum Gasteiger partial charge on any atom is 0.407 e. The van der Waals surface area contributed by atoms with Crippen molar-refractivity contribution in [1.29, 1.82) is 0 Å². The van der Waals surface area contributed by atoms with Gasteiger partial charge in [-0.15, -0.1) is 0 Å². The monoisotopic (exact) mass is 431 g/mol. The van der Waals surface area contributed by atoms with Crippen LogP contribution in [0.4, 0.5) is 10.5 Å². The molecule has 172 valence electrons. The fourth-order valence-corrected chi connectivity index (χ4v) is 3.62. The fourth-order valence-electron chi connectivity index (χ4n) is 3.62. The summed E-state index contributed by atoms with van der Waals surface area (Å²) in [4.78, 5) is 35.7. The Bertz CT molecular complexity index is 719. The molecule has 3 amide bonds. The van der Waals surface area contributed by atoms with E-state index in [0.29, 0.717) is 18.9 Å². The molecule has 0 heterocycles. The number of ether oxygens (including phenoxy) is 1. The summed E-state index contributed by atoms with van der Waals surface area (Å²) in [6, 6.07) is 7.47. The number of hydrogen-bond donors (Lipinski definition) is 3. The first-order valence-electron chi connectivity index (χ1n) is 11.3. The van der Waals surface area contributed by atoms with Crippen LogP contribution in [0.2, 0.25) is 0 Å². The standard InChI is InChI=1S/C24H37N3O4/c1-24(2,3)31-23(30)25-16-15-21(28)26-17-19-9-12-20(13-10-19)27-22(29)14-11-18-7-5-4-6-8-18/h9-10,12-13,18H,4-8,11,14-17H2,1-3H3,(H,25,30)(H,26,28)(H,27,29). The molecule has 31 heavy (non-hydrogen) atoms. The van der Waals surface area contributed by atoms with Crippen molar-refractivity contribution in [2.24, 2.45) is 5.92 Å². The van der Waals surface area contributed by atoms with E-state index in [1.165, 1.54) is 32.1 Å². The zero-order valence-corrected chi connectivity index (χ0v) is 19.1. The highest BCUT2D eigenvalue weighted by atomic mass is 16.6. The summed E-state index contributed by atoms with van der Waals surface area (Å²) in [6.45, 7) is 5.96. The minimum atomic E-state index is -0.562. The molecule has 7 nitrogen and oxygen atoms in total. The second-order valence-electron chi connectivity index (χ2n) is 9.24. The second kappa shape index (κ2) is 12.3. The van der Waals surface area contributed by atoms with Gasteiger partial charge in [0.2, 0.25) is 11.8 Å². The van der Waals surface area contributed by atoms with E-state index in [0.717, 1.165) is 17.7 Å². The van der Waals surface area contributed by atoms with Gasteiger partial charge >= 0.3 is 6.09 Å². The third-order valence-corrected chi connectivity index (χ3v) is 5.25. The van der Waals surface area contributed by atoms with Crippen LogP contribution in [0, 0.1) is 5.92 Å². The van der Waals surface area contributed by atoms with Crippen molar-refractivity contribution in [2.45, 2.75) is 84.3 Å². The lowest BCUT2D eigenvalue weighted by molar-refractivity contribution is -0.121. The molecule has 0 saturated heterocycles. The van der Waals surface area contributed by atoms with Gasteiger partial charge in [-0.3, -0.25) is 9.59 Å². The Morgan fingerprint density at radius 2 is 1.61 bits per heavy atom. The summed E-state index contributed by atoms with van der Waals surface area (Å²) in [5.74, 6) is 0.602. The smallest absolute Gasteiger partial charge is 0.407 e. The first-order chi connectivity index (χ1) is 14.7. The van der Waals surface area contributed by atoms with Gasteiger partial charge in [0.1, 0.15) is 5.60 Å². The molecule has 0 atom stereocenters. The molecule has 7 heteroatoms. The molecule has 0 bridgehead atoms. The maximum atomic E-state index is 12.2. The minimum absolute atomic E-state index is 0.0594. The van der Waals surface area contributed by atoms with Gasteiger partial charge in [-0.25, -0.2) is 4.79 Å². The van der Waals surface area contributed by atoms with Crippen LogP contribution in [-0.4, -0.2) is 30.1 Å². The van der Waals surface area contributed by atoms with Crippen LogP contribution in [0.3, 0.4) is 0 Å². The van der Waals surface area contributed by atoms with Gasteiger partial charge in [0.05, 0.1) is 0 Å². The van der Waals surface area contributed by atoms with Gasteiger partial charge in [0.15, 0.2) is 0 Å². The molecular weight excluding hydrogens is 394 g/mol. The van der Waals surface area contributed by atoms with Crippen LogP contribution >= 0.6 is 0 Å². The van der Waals surface area contributed by atoms with Gasteiger partial charge in [-0.05, 0) is 50.8 Å². The topological polar surface area (TPSA) is 96.5 Å². The van der Waals surface area contributed by atoms with Crippen molar-refractivity contribution in [3.8, 4) is 0 Å². The van der Waals surface area contributed by atoms with E-state index in [9.17, 15) is 14.4 Å². The summed E-state index contributed by atoms with van der Waals surface area (Å²) in [5.41, 5.74) is 1.15. The quantitative estimate of drug-likeness (QED) is 0.536. The number of rotatable bonds is 9. The summed E-state index contributed by atoms with van der Waals surface area (Å²) in [6.07, 6.45) is 7.62. The minimum Gasteiger partial charge on any atom is -0.444 e. The van der Waals surface area contributed by atoms with Crippen LogP contribution in [-0.2, 0) is 20.9 Å². The zero-order chi connectivity index (χ0) is 22.7. The predicted molar refractivity (Wildman–Crippen MR) is 122 cm³/mol. The van der Waals surface area contributed by atoms with Crippen LogP contribution in [0.25, 0.3) is 0 Å². The first kappa shape index (κ1) is 24.7. The Morgan fingerprint density at radius 3 is 2.26 bits per heavy atom. The Labute approximate surface area is 185 Å². The van der Waals surface area contributed by atoms with E-state index >= 15 is 0 Å². The van der Waals surface area contributed by atoms with Crippen molar-refractivity contribution in [2.75, 3.05) is 11.9 Å². The molecule has 1 saturated carbocycles. The number of alkyl carbamates (subject to hydrolysis) is 1. The van der Waals surface area contributed by atoms with Crippen molar-refractivity contribution in [1.82, 2.24) is 10.6 Å². The van der Waals surface area contributed by atoms with Crippen LogP contribution in [0.15, 0.2) is 24.3 Å². The van der Waals surface area contributed by atoms with E-state index in [2.05, 4.69) is 16.0 Å². The molecule has 0 radical (unpaired) electrons. The Balaban J connectivity index is 1.62. The molecule has 0 unspecified atom stereocenters. The summed E-state index contributed by atoms with van der Waals surface area (Å²) in [7, 11) is 0. The van der Waals surface area contributed by atoms with Gasteiger partial charge in [0.25, 0.3) is 0 Å². The van der Waals surface area contributed by atoms with Gasteiger partial charge in [-0.1, -0.05) is 44.2 Å². The third kappa shape index (κ3) is 10.9. The molecule has 0 aromatic heterocycles. The van der Waals surface area contributed by atoms with Gasteiger partial charge < -0.3 is 20.7 Å². The lowest BCUT2D eigenvalue weighted by atomic mass is 9.86. The highest BCUT2D eigenvalue weighted by molar-refractivity contribution is 5.90. The number of amides is 3. The van der Waals surface area contributed by atoms with Crippen LogP contribution in [0.5, 0.6) is 0 Å². The Morgan fingerprint density at radius 1 is 0.935 bits per heavy atom. The number of hydrogen-bond acceptors (Lipinski definition) is 4. The number of carbonyl (C=O) groups is 3. The predicted octanol–water partition coefficient (Wildman–Crippen LogP) is 4.52. The fraction of sp³-hybridized carbons (Fsp3) is 0.625. The summed E-state index contributed by atoms with van der Waals surface area (Å²) < 4.78 is 5.12. The highest BCUT2D eigenvalue weighted by Crippen LogP contribution is 2.27. The van der Waals surface area contributed by atoms with Crippen LogP contribution in [0.1, 0.15) is 77.7 Å². The van der Waals surface area contributed by atoms with Gasteiger partial charge in [-0.2, -0.15) is 0 Å². The molecule has 0 aliphatic heterocycles. The van der Waals surface area contributed by atoms with E-state index in [1.807, 2.05) is 24.3 Å². The first-order valence-corrected chi connectivity index (χ1v) is 11.3. The van der Waals surface area contributed by atoms with Crippen molar-refractivity contribution in [3.63, 3.8) is 0 Å². The molecular formula is C24H37N3O4. The maximum absolute atomic E-state index is 12.2. The van der Waals surface area contributed by atoms with Crippen molar-refractivity contribution in [3.05, 3.63) is 29.8 Å². The average molecular weight is 432 g/mol. The van der Waals surface area contributed by atoms with Crippen molar-refractivity contribution >= 4 is 23.6 Å². The average Bonchev–Trinajstić information content (AvgIpc) is 2.71. The van der Waals surface area contributed by atoms with Crippen molar-refractivity contribution < 1.29 is 19.1 Å².